The second-order valence-electron chi connectivity index (χ2n) is 6.09. The van der Waals surface area contributed by atoms with Crippen molar-refractivity contribution in [3.63, 3.8) is 0 Å². The van der Waals surface area contributed by atoms with Crippen LogP contribution in [-0.2, 0) is 17.3 Å². The molecule has 0 radical (unpaired) electrons. The highest BCUT2D eigenvalue weighted by Gasteiger charge is 2.20. The fourth-order valence-corrected chi connectivity index (χ4v) is 3.93. The van der Waals surface area contributed by atoms with Crippen LogP contribution in [0.1, 0.15) is 5.69 Å². The van der Waals surface area contributed by atoms with Crippen LogP contribution in [0.25, 0.3) is 0 Å². The van der Waals surface area contributed by atoms with Gasteiger partial charge >= 0.3 is 0 Å². The van der Waals surface area contributed by atoms with Crippen molar-refractivity contribution in [2.24, 2.45) is 4.99 Å². The van der Waals surface area contributed by atoms with Crippen LogP contribution in [-0.4, -0.2) is 70.6 Å². The van der Waals surface area contributed by atoms with E-state index in [2.05, 4.69) is 25.3 Å². The van der Waals surface area contributed by atoms with Crippen LogP contribution in [0, 0.1) is 0 Å². The first-order valence-electron chi connectivity index (χ1n) is 8.77. The number of benzene rings is 1. The molecule has 7 nitrogen and oxygen atoms in total. The van der Waals surface area contributed by atoms with Gasteiger partial charge in [-0.3, -0.25) is 14.1 Å². The number of rotatable bonds is 6. The summed E-state index contributed by atoms with van der Waals surface area (Å²) in [5, 5.41) is 7.30. The molecule has 2 heterocycles. The minimum atomic E-state index is -0.991. The summed E-state index contributed by atoms with van der Waals surface area (Å²) in [5.74, 6) is 1.44. The van der Waals surface area contributed by atoms with Crippen molar-refractivity contribution in [2.45, 2.75) is 11.4 Å². The van der Waals surface area contributed by atoms with Crippen LogP contribution in [0.4, 0.5) is 0 Å². The highest BCUT2D eigenvalue weighted by atomic mass is 32.2. The number of aromatic nitrogens is 1. The molecule has 26 heavy (non-hydrogen) atoms. The lowest BCUT2D eigenvalue weighted by molar-refractivity contribution is 0.169. The number of hydrogen-bond donors (Lipinski definition) is 1. The van der Waals surface area contributed by atoms with Gasteiger partial charge in [0.25, 0.3) is 0 Å². The van der Waals surface area contributed by atoms with E-state index in [-0.39, 0.29) is 0 Å². The highest BCUT2D eigenvalue weighted by molar-refractivity contribution is 7.85. The molecule has 1 aliphatic heterocycles. The molecule has 1 aromatic heterocycles. The number of hydrogen-bond acceptors (Lipinski definition) is 5. The van der Waals surface area contributed by atoms with E-state index in [1.807, 2.05) is 36.4 Å². The second-order valence-corrected chi connectivity index (χ2v) is 7.66. The van der Waals surface area contributed by atoms with Crippen molar-refractivity contribution in [3.05, 3.63) is 48.4 Å². The van der Waals surface area contributed by atoms with Crippen LogP contribution in [0.2, 0.25) is 0 Å². The van der Waals surface area contributed by atoms with Crippen molar-refractivity contribution < 1.29 is 8.73 Å². The summed E-state index contributed by atoms with van der Waals surface area (Å²) < 4.78 is 17.2. The molecular formula is C18H25N5O2S. The zero-order chi connectivity index (χ0) is 18.2. The summed E-state index contributed by atoms with van der Waals surface area (Å²) in [4.78, 5) is 9.83. The molecule has 0 bridgehead atoms. The smallest absolute Gasteiger partial charge is 0.193 e. The summed E-state index contributed by atoms with van der Waals surface area (Å²) in [6.45, 7) is 5.14. The minimum absolute atomic E-state index is 0.565. The first kappa shape index (κ1) is 18.6. The van der Waals surface area contributed by atoms with Gasteiger partial charge in [-0.1, -0.05) is 23.4 Å². The van der Waals surface area contributed by atoms with E-state index in [9.17, 15) is 4.21 Å². The van der Waals surface area contributed by atoms with E-state index in [1.165, 1.54) is 0 Å². The zero-order valence-electron chi connectivity index (χ0n) is 15.0. The van der Waals surface area contributed by atoms with Gasteiger partial charge in [0.15, 0.2) is 5.96 Å². The molecule has 0 aliphatic carbocycles. The predicted molar refractivity (Wildman–Crippen MR) is 102 cm³/mol. The molecule has 1 fully saturated rings. The number of nitrogens with one attached hydrogen (secondary N) is 1. The third-order valence-corrected chi connectivity index (χ3v) is 5.71. The molecule has 8 heteroatoms. The average molecular weight is 375 g/mol. The molecule has 2 aromatic rings. The molecule has 1 unspecified atom stereocenters. The molecule has 1 aromatic carbocycles. The molecule has 0 spiro atoms. The van der Waals surface area contributed by atoms with Crippen LogP contribution < -0.4 is 5.32 Å². The predicted octanol–water partition coefficient (Wildman–Crippen LogP) is 1.18. The van der Waals surface area contributed by atoms with Gasteiger partial charge in [-0.15, -0.1) is 0 Å². The standard InChI is InChI=1S/C18H25N5O2S/c1-19-18(20-8-14-26(24)17-5-3-2-4-6-17)23-11-9-22(10-12-23)15-16-7-13-25-21-16/h2-7,13H,8-12,14-15H2,1H3,(H,19,20). The number of piperazine rings is 1. The lowest BCUT2D eigenvalue weighted by Crippen LogP contribution is -2.52. The van der Waals surface area contributed by atoms with Crippen LogP contribution in [0.5, 0.6) is 0 Å². The van der Waals surface area contributed by atoms with E-state index in [0.717, 1.165) is 49.3 Å². The Hall–Kier alpha value is -2.19. The van der Waals surface area contributed by atoms with Crippen LogP contribution in [0.15, 0.2) is 57.1 Å². The molecule has 3 rings (SSSR count). The zero-order valence-corrected chi connectivity index (χ0v) is 15.8. The van der Waals surface area contributed by atoms with Gasteiger partial charge in [-0.25, -0.2) is 0 Å². The normalized spacial score (nSPS) is 17.3. The number of aliphatic imine (C=N–C) groups is 1. The molecule has 1 atom stereocenters. The molecule has 0 amide bonds. The Morgan fingerprint density at radius 2 is 2.00 bits per heavy atom. The highest BCUT2D eigenvalue weighted by Crippen LogP contribution is 2.08. The quantitative estimate of drug-likeness (QED) is 0.604. The summed E-state index contributed by atoms with van der Waals surface area (Å²) in [7, 11) is 0.799. The molecule has 1 saturated heterocycles. The molecule has 140 valence electrons. The van der Waals surface area contributed by atoms with Crippen molar-refractivity contribution in [1.82, 2.24) is 20.3 Å². The SMILES string of the molecule is CN=C(NCCS(=O)c1ccccc1)N1CCN(Cc2ccon2)CC1. The van der Waals surface area contributed by atoms with Gasteiger partial charge in [0.1, 0.15) is 6.26 Å². The first-order valence-corrected chi connectivity index (χ1v) is 10.1. The van der Waals surface area contributed by atoms with Gasteiger partial charge in [0, 0.05) is 63.0 Å². The third kappa shape index (κ3) is 5.15. The summed E-state index contributed by atoms with van der Waals surface area (Å²) in [5.41, 5.74) is 0.962. The van der Waals surface area contributed by atoms with E-state index < -0.39 is 10.8 Å². The number of guanidine groups is 1. The maximum atomic E-state index is 12.3. The van der Waals surface area contributed by atoms with Gasteiger partial charge in [0.05, 0.1) is 16.5 Å². The Morgan fingerprint density at radius 1 is 1.23 bits per heavy atom. The lowest BCUT2D eigenvalue weighted by atomic mass is 10.3. The maximum Gasteiger partial charge on any atom is 0.193 e. The summed E-state index contributed by atoms with van der Waals surface area (Å²) in [6, 6.07) is 11.5. The molecule has 0 saturated carbocycles. The Morgan fingerprint density at radius 3 is 2.65 bits per heavy atom. The van der Waals surface area contributed by atoms with E-state index in [0.29, 0.717) is 12.3 Å². The Bertz CT molecular complexity index is 712. The van der Waals surface area contributed by atoms with Gasteiger partial charge in [-0.2, -0.15) is 0 Å². The van der Waals surface area contributed by atoms with Crippen LogP contribution >= 0.6 is 0 Å². The molecule has 1 N–H and O–H groups in total. The minimum Gasteiger partial charge on any atom is -0.364 e. The van der Waals surface area contributed by atoms with Gasteiger partial charge < -0.3 is 14.7 Å². The van der Waals surface area contributed by atoms with Crippen molar-refractivity contribution in [1.29, 1.82) is 0 Å². The van der Waals surface area contributed by atoms with E-state index in [1.54, 1.807) is 13.3 Å². The fourth-order valence-electron chi connectivity index (χ4n) is 2.94. The Labute approximate surface area is 156 Å². The Kier molecular flexibility index (Phi) is 6.79. The van der Waals surface area contributed by atoms with Crippen molar-refractivity contribution in [3.8, 4) is 0 Å². The van der Waals surface area contributed by atoms with Gasteiger partial charge in [-0.05, 0) is 12.1 Å². The lowest BCUT2D eigenvalue weighted by Gasteiger charge is -2.36. The largest absolute Gasteiger partial charge is 0.364 e. The van der Waals surface area contributed by atoms with Gasteiger partial charge in [0.2, 0.25) is 0 Å². The van der Waals surface area contributed by atoms with Crippen molar-refractivity contribution in [2.75, 3.05) is 45.5 Å². The fraction of sp³-hybridized carbons (Fsp3) is 0.444. The average Bonchev–Trinajstić information content (AvgIpc) is 3.20. The molecular weight excluding hydrogens is 350 g/mol. The summed E-state index contributed by atoms with van der Waals surface area (Å²) >= 11 is 0. The topological polar surface area (TPSA) is 74.0 Å². The Balaban J connectivity index is 1.41. The maximum absolute atomic E-state index is 12.3. The second kappa shape index (κ2) is 9.49. The van der Waals surface area contributed by atoms with E-state index in [4.69, 9.17) is 4.52 Å². The van der Waals surface area contributed by atoms with Crippen molar-refractivity contribution >= 4 is 16.8 Å². The van der Waals surface area contributed by atoms with Crippen LogP contribution in [0.3, 0.4) is 0 Å². The summed E-state index contributed by atoms with van der Waals surface area (Å²) in [6.07, 6.45) is 1.61. The number of nitrogens with zero attached hydrogens (tertiary/aromatic N) is 4. The van der Waals surface area contributed by atoms with E-state index >= 15 is 0 Å². The molecule has 1 aliphatic rings. The third-order valence-electron chi connectivity index (χ3n) is 4.34. The monoisotopic (exact) mass is 375 g/mol. The first-order chi connectivity index (χ1) is 12.8.